The quantitative estimate of drug-likeness (QED) is 0.802. The molecule has 0 fully saturated rings. The molecule has 84 valence electrons. The van der Waals surface area contributed by atoms with Gasteiger partial charge < -0.3 is 11.1 Å². The van der Waals surface area contributed by atoms with Crippen molar-refractivity contribution in [3.8, 4) is 0 Å². The first-order valence-electron chi connectivity index (χ1n) is 5.15. The summed E-state index contributed by atoms with van der Waals surface area (Å²) in [4.78, 5) is 0. The summed E-state index contributed by atoms with van der Waals surface area (Å²) in [6.45, 7) is 6.65. The smallest absolute Gasteiger partial charge is 0.123 e. The van der Waals surface area contributed by atoms with Gasteiger partial charge in [0, 0.05) is 18.1 Å². The summed E-state index contributed by atoms with van der Waals surface area (Å²) in [5.74, 6) is -0.221. The van der Waals surface area contributed by atoms with Gasteiger partial charge in [-0.3, -0.25) is 0 Å². The third kappa shape index (κ3) is 3.98. The Kier molecular flexibility index (Phi) is 3.83. The topological polar surface area (TPSA) is 38.0 Å². The van der Waals surface area contributed by atoms with Crippen molar-refractivity contribution < 1.29 is 4.39 Å². The number of halogens is 1. The molecule has 0 heterocycles. The molecule has 0 radical (unpaired) electrons. The lowest BCUT2D eigenvalue weighted by Gasteiger charge is -2.28. The summed E-state index contributed by atoms with van der Waals surface area (Å²) < 4.78 is 13.0. The zero-order chi connectivity index (χ0) is 11.5. The van der Waals surface area contributed by atoms with Crippen molar-refractivity contribution in [3.05, 3.63) is 35.6 Å². The van der Waals surface area contributed by atoms with E-state index in [4.69, 9.17) is 5.73 Å². The van der Waals surface area contributed by atoms with E-state index in [0.717, 1.165) is 5.56 Å². The third-order valence-electron chi connectivity index (χ3n) is 2.09. The molecule has 1 aromatic carbocycles. The highest BCUT2D eigenvalue weighted by atomic mass is 19.1. The van der Waals surface area contributed by atoms with Crippen molar-refractivity contribution in [3.63, 3.8) is 0 Å². The van der Waals surface area contributed by atoms with Crippen LogP contribution in [0.5, 0.6) is 0 Å². The summed E-state index contributed by atoms with van der Waals surface area (Å²) in [5.41, 5.74) is 6.54. The van der Waals surface area contributed by atoms with Crippen molar-refractivity contribution in [2.45, 2.75) is 32.4 Å². The molecule has 0 amide bonds. The summed E-state index contributed by atoms with van der Waals surface area (Å²) in [7, 11) is 0. The zero-order valence-electron chi connectivity index (χ0n) is 9.55. The van der Waals surface area contributed by atoms with E-state index in [1.54, 1.807) is 6.07 Å². The van der Waals surface area contributed by atoms with Crippen LogP contribution in [-0.2, 0) is 0 Å². The van der Waals surface area contributed by atoms with E-state index in [1.807, 2.05) is 6.07 Å². The molecule has 1 aromatic rings. The Morgan fingerprint density at radius 2 is 2.07 bits per heavy atom. The number of hydrogen-bond donors (Lipinski definition) is 2. The van der Waals surface area contributed by atoms with Crippen LogP contribution in [-0.4, -0.2) is 12.1 Å². The van der Waals surface area contributed by atoms with Crippen LogP contribution in [0.15, 0.2) is 24.3 Å². The fraction of sp³-hybridized carbons (Fsp3) is 0.500. The lowest BCUT2D eigenvalue weighted by Crippen LogP contribution is -2.41. The average molecular weight is 210 g/mol. The minimum absolute atomic E-state index is 0.000648. The largest absolute Gasteiger partial charge is 0.329 e. The van der Waals surface area contributed by atoms with Crippen LogP contribution in [0.2, 0.25) is 0 Å². The van der Waals surface area contributed by atoms with Gasteiger partial charge in [0.1, 0.15) is 5.82 Å². The molecule has 0 aliphatic carbocycles. The molecule has 3 N–H and O–H groups in total. The van der Waals surface area contributed by atoms with Crippen LogP contribution in [0.4, 0.5) is 4.39 Å². The highest BCUT2D eigenvalue weighted by Crippen LogP contribution is 2.16. The molecule has 0 spiro atoms. The van der Waals surface area contributed by atoms with E-state index in [2.05, 4.69) is 26.1 Å². The molecule has 0 bridgehead atoms. The van der Waals surface area contributed by atoms with Gasteiger partial charge >= 0.3 is 0 Å². The first-order valence-corrected chi connectivity index (χ1v) is 5.15. The highest BCUT2D eigenvalue weighted by molar-refractivity contribution is 5.20. The predicted octanol–water partition coefficient (Wildman–Crippen LogP) is 2.21. The molecule has 1 atom stereocenters. The fourth-order valence-electron chi connectivity index (χ4n) is 1.52. The Balaban J connectivity index is 2.83. The summed E-state index contributed by atoms with van der Waals surface area (Å²) in [5, 5.41) is 3.36. The lowest BCUT2D eigenvalue weighted by atomic mass is 10.0. The second-order valence-corrected chi connectivity index (χ2v) is 4.74. The molecule has 0 saturated heterocycles. The van der Waals surface area contributed by atoms with Crippen LogP contribution in [0, 0.1) is 5.82 Å². The lowest BCUT2D eigenvalue weighted by molar-refractivity contribution is 0.366. The predicted molar refractivity (Wildman–Crippen MR) is 61.1 cm³/mol. The summed E-state index contributed by atoms with van der Waals surface area (Å²) in [6, 6.07) is 6.56. The number of nitrogens with two attached hydrogens (primary N) is 1. The molecule has 0 aliphatic rings. The SMILES string of the molecule is CC(C)(C)NC(CN)c1cccc(F)c1. The Morgan fingerprint density at radius 1 is 1.40 bits per heavy atom. The molecule has 1 rings (SSSR count). The molecule has 15 heavy (non-hydrogen) atoms. The molecule has 0 aromatic heterocycles. The van der Waals surface area contributed by atoms with E-state index in [1.165, 1.54) is 12.1 Å². The molecular formula is C12H19FN2. The van der Waals surface area contributed by atoms with Crippen molar-refractivity contribution in [2.75, 3.05) is 6.54 Å². The minimum atomic E-state index is -0.221. The van der Waals surface area contributed by atoms with Crippen molar-refractivity contribution in [1.29, 1.82) is 0 Å². The normalized spacial score (nSPS) is 13.9. The molecular weight excluding hydrogens is 191 g/mol. The summed E-state index contributed by atoms with van der Waals surface area (Å²) in [6.07, 6.45) is 0. The van der Waals surface area contributed by atoms with Gasteiger partial charge in [-0.05, 0) is 38.5 Å². The van der Waals surface area contributed by atoms with Gasteiger partial charge in [0.25, 0.3) is 0 Å². The maximum absolute atomic E-state index is 13.0. The van der Waals surface area contributed by atoms with Crippen LogP contribution in [0.3, 0.4) is 0 Å². The van der Waals surface area contributed by atoms with Gasteiger partial charge in [0.05, 0.1) is 0 Å². The van der Waals surface area contributed by atoms with Crippen LogP contribution in [0.25, 0.3) is 0 Å². The van der Waals surface area contributed by atoms with Crippen LogP contribution in [0.1, 0.15) is 32.4 Å². The standard InChI is InChI=1S/C12H19FN2/c1-12(2,3)15-11(8-14)9-5-4-6-10(13)7-9/h4-7,11,15H,8,14H2,1-3H3. The molecule has 3 heteroatoms. The Labute approximate surface area is 90.7 Å². The van der Waals surface area contributed by atoms with Crippen LogP contribution < -0.4 is 11.1 Å². The first kappa shape index (κ1) is 12.1. The van der Waals surface area contributed by atoms with Crippen molar-refractivity contribution in [1.82, 2.24) is 5.32 Å². The van der Waals surface area contributed by atoms with Gasteiger partial charge in [0.2, 0.25) is 0 Å². The fourth-order valence-corrected chi connectivity index (χ4v) is 1.52. The maximum atomic E-state index is 13.0. The molecule has 1 unspecified atom stereocenters. The van der Waals surface area contributed by atoms with Crippen molar-refractivity contribution in [2.24, 2.45) is 5.73 Å². The third-order valence-corrected chi connectivity index (χ3v) is 2.09. The van der Waals surface area contributed by atoms with E-state index in [9.17, 15) is 4.39 Å². The van der Waals surface area contributed by atoms with Gasteiger partial charge in [-0.15, -0.1) is 0 Å². The maximum Gasteiger partial charge on any atom is 0.123 e. The second kappa shape index (κ2) is 4.73. The van der Waals surface area contributed by atoms with E-state index < -0.39 is 0 Å². The van der Waals surface area contributed by atoms with E-state index in [-0.39, 0.29) is 17.4 Å². The van der Waals surface area contributed by atoms with Gasteiger partial charge in [-0.1, -0.05) is 12.1 Å². The zero-order valence-corrected chi connectivity index (χ0v) is 9.55. The van der Waals surface area contributed by atoms with Crippen molar-refractivity contribution >= 4 is 0 Å². The first-order chi connectivity index (χ1) is 6.92. The average Bonchev–Trinajstić information content (AvgIpc) is 2.13. The van der Waals surface area contributed by atoms with Crippen LogP contribution >= 0.6 is 0 Å². The van der Waals surface area contributed by atoms with Gasteiger partial charge in [-0.2, -0.15) is 0 Å². The summed E-state index contributed by atoms with van der Waals surface area (Å²) >= 11 is 0. The Morgan fingerprint density at radius 3 is 2.53 bits per heavy atom. The number of nitrogens with one attached hydrogen (secondary N) is 1. The Hall–Kier alpha value is -0.930. The molecule has 0 saturated carbocycles. The number of rotatable bonds is 3. The van der Waals surface area contributed by atoms with Gasteiger partial charge in [0.15, 0.2) is 0 Å². The minimum Gasteiger partial charge on any atom is -0.329 e. The van der Waals surface area contributed by atoms with Gasteiger partial charge in [-0.25, -0.2) is 4.39 Å². The molecule has 0 aliphatic heterocycles. The second-order valence-electron chi connectivity index (χ2n) is 4.74. The number of hydrogen-bond acceptors (Lipinski definition) is 2. The monoisotopic (exact) mass is 210 g/mol. The highest BCUT2D eigenvalue weighted by Gasteiger charge is 2.17. The Bertz CT molecular complexity index is 318. The number of benzene rings is 1. The van der Waals surface area contributed by atoms with E-state index >= 15 is 0 Å². The van der Waals surface area contributed by atoms with E-state index in [0.29, 0.717) is 6.54 Å². The molecule has 2 nitrogen and oxygen atoms in total.